The Hall–Kier alpha value is -3.16. The third-order valence-corrected chi connectivity index (χ3v) is 10.8. The summed E-state index contributed by atoms with van der Waals surface area (Å²) in [6.45, 7) is 13.5. The Bertz CT molecular complexity index is 1300. The van der Waals surface area contributed by atoms with Gasteiger partial charge < -0.3 is 34.5 Å². The maximum Gasteiger partial charge on any atom is 0.228 e. The van der Waals surface area contributed by atoms with E-state index in [1.807, 2.05) is 36.4 Å². The first-order valence-corrected chi connectivity index (χ1v) is 18.2. The molecule has 4 fully saturated rings. The molecule has 0 radical (unpaired) electrons. The molecule has 0 atom stereocenters. The van der Waals surface area contributed by atoms with E-state index < -0.39 is 5.41 Å². The van der Waals surface area contributed by atoms with Gasteiger partial charge in [0, 0.05) is 52.1 Å². The lowest BCUT2D eigenvalue weighted by Crippen LogP contribution is -2.45. The van der Waals surface area contributed by atoms with Gasteiger partial charge in [-0.05, 0) is 120 Å². The number of carbonyl (C=O) groups excluding carboxylic acids is 1. The van der Waals surface area contributed by atoms with E-state index >= 15 is 0 Å². The molecule has 0 aromatic heterocycles. The predicted octanol–water partition coefficient (Wildman–Crippen LogP) is 5.59. The van der Waals surface area contributed by atoms with E-state index in [-0.39, 0.29) is 11.3 Å². The molecule has 0 aliphatic carbocycles. The molecule has 4 aliphatic heterocycles. The molecule has 0 bridgehead atoms. The van der Waals surface area contributed by atoms with Crippen LogP contribution in [0.15, 0.2) is 48.5 Å². The summed E-state index contributed by atoms with van der Waals surface area (Å²) in [5, 5.41) is 9.65. The molecular formula is C39H56N4O5. The molecule has 4 heterocycles. The van der Waals surface area contributed by atoms with Crippen molar-refractivity contribution in [3.63, 3.8) is 0 Å². The van der Waals surface area contributed by atoms with Gasteiger partial charge in [-0.25, -0.2) is 0 Å². The molecule has 1 amide bonds. The number of carbonyl (C=O) groups is 1. The molecule has 0 unspecified atom stereocenters. The molecule has 9 nitrogen and oxygen atoms in total. The zero-order valence-corrected chi connectivity index (χ0v) is 29.2. The summed E-state index contributed by atoms with van der Waals surface area (Å²) in [6.07, 6.45) is 9.03. The molecule has 6 rings (SSSR count). The normalized spacial score (nSPS) is 21.5. The molecule has 4 saturated heterocycles. The third kappa shape index (κ3) is 9.29. The number of benzene rings is 2. The minimum atomic E-state index is -0.591. The second-order valence-electron chi connectivity index (χ2n) is 14.1. The first kappa shape index (κ1) is 36.1. The lowest BCUT2D eigenvalue weighted by atomic mass is 9.73. The van der Waals surface area contributed by atoms with Crippen LogP contribution in [0.4, 0.5) is 0 Å². The summed E-state index contributed by atoms with van der Waals surface area (Å²) in [6, 6.07) is 19.2. The number of nitrogens with zero attached hydrogens (tertiary/aromatic N) is 3. The van der Waals surface area contributed by atoms with E-state index in [2.05, 4.69) is 41.8 Å². The summed E-state index contributed by atoms with van der Waals surface area (Å²) in [4.78, 5) is 17.0. The van der Waals surface area contributed by atoms with Gasteiger partial charge in [-0.3, -0.25) is 4.79 Å². The zero-order valence-electron chi connectivity index (χ0n) is 29.2. The molecule has 0 saturated carbocycles. The summed E-state index contributed by atoms with van der Waals surface area (Å²) in [5.74, 6) is 1.51. The highest BCUT2D eigenvalue weighted by atomic mass is 16.5. The lowest BCUT2D eigenvalue weighted by molar-refractivity contribution is -0.127. The molecule has 4 aliphatic rings. The summed E-state index contributed by atoms with van der Waals surface area (Å²) >= 11 is 0. The quantitative estimate of drug-likeness (QED) is 0.311. The van der Waals surface area contributed by atoms with Gasteiger partial charge in [0.25, 0.3) is 0 Å². The van der Waals surface area contributed by atoms with Crippen molar-refractivity contribution in [3.8, 4) is 17.6 Å². The number of primary amides is 1. The maximum atomic E-state index is 12.0. The topological polar surface area (TPSA) is 110 Å². The van der Waals surface area contributed by atoms with E-state index in [4.69, 9.17) is 24.7 Å². The first-order valence-electron chi connectivity index (χ1n) is 18.2. The van der Waals surface area contributed by atoms with E-state index in [0.29, 0.717) is 51.4 Å². The van der Waals surface area contributed by atoms with Crippen molar-refractivity contribution < 1.29 is 23.7 Å². The molecule has 48 heavy (non-hydrogen) atoms. The van der Waals surface area contributed by atoms with E-state index in [0.717, 1.165) is 81.0 Å². The number of hydrogen-bond acceptors (Lipinski definition) is 8. The van der Waals surface area contributed by atoms with Gasteiger partial charge in [-0.15, -0.1) is 0 Å². The Morgan fingerprint density at radius 2 is 1.44 bits per heavy atom. The zero-order chi connectivity index (χ0) is 33.8. The van der Waals surface area contributed by atoms with Crippen molar-refractivity contribution in [1.29, 1.82) is 5.26 Å². The Balaban J connectivity index is 0.000000188. The lowest BCUT2D eigenvalue weighted by Gasteiger charge is -2.34. The fourth-order valence-electron chi connectivity index (χ4n) is 7.49. The van der Waals surface area contributed by atoms with Crippen LogP contribution in [-0.4, -0.2) is 93.6 Å². The van der Waals surface area contributed by atoms with E-state index in [9.17, 15) is 10.1 Å². The van der Waals surface area contributed by atoms with Crippen molar-refractivity contribution in [2.24, 2.45) is 5.73 Å². The second kappa shape index (κ2) is 17.5. The molecule has 262 valence electrons. The molecular weight excluding hydrogens is 604 g/mol. The molecule has 2 N–H and O–H groups in total. The van der Waals surface area contributed by atoms with Gasteiger partial charge in [0.1, 0.15) is 17.6 Å². The highest BCUT2D eigenvalue weighted by Gasteiger charge is 2.40. The Morgan fingerprint density at radius 1 is 0.875 bits per heavy atom. The smallest absolute Gasteiger partial charge is 0.228 e. The van der Waals surface area contributed by atoms with E-state index in [1.54, 1.807) is 0 Å². The van der Waals surface area contributed by atoms with Crippen molar-refractivity contribution in [2.75, 3.05) is 65.8 Å². The Labute approximate surface area is 287 Å². The highest BCUT2D eigenvalue weighted by Crippen LogP contribution is 2.36. The number of rotatable bonds is 11. The van der Waals surface area contributed by atoms with Crippen LogP contribution in [0.3, 0.4) is 0 Å². The largest absolute Gasteiger partial charge is 0.494 e. The highest BCUT2D eigenvalue weighted by molar-refractivity contribution is 5.86. The first-order chi connectivity index (χ1) is 23.3. The van der Waals surface area contributed by atoms with Crippen LogP contribution in [0.2, 0.25) is 0 Å². The Morgan fingerprint density at radius 3 is 2.00 bits per heavy atom. The summed E-state index contributed by atoms with van der Waals surface area (Å²) in [7, 11) is 0. The fraction of sp³-hybridized carbons (Fsp3) is 0.641. The average Bonchev–Trinajstić information content (AvgIpc) is 3.65. The van der Waals surface area contributed by atoms with Gasteiger partial charge in [-0.2, -0.15) is 5.26 Å². The predicted molar refractivity (Wildman–Crippen MR) is 187 cm³/mol. The molecule has 9 heteroatoms. The van der Waals surface area contributed by atoms with Crippen LogP contribution in [0.25, 0.3) is 0 Å². The number of nitriles is 1. The number of piperidine rings is 1. The fourth-order valence-corrected chi connectivity index (χ4v) is 7.49. The van der Waals surface area contributed by atoms with Gasteiger partial charge in [-0.1, -0.05) is 24.3 Å². The number of hydrogen-bond donors (Lipinski definition) is 1. The summed E-state index contributed by atoms with van der Waals surface area (Å²) < 4.78 is 22.8. The second-order valence-corrected chi connectivity index (χ2v) is 14.1. The number of ether oxygens (including phenoxy) is 4. The van der Waals surface area contributed by atoms with Gasteiger partial charge in [0.15, 0.2) is 0 Å². The van der Waals surface area contributed by atoms with Crippen molar-refractivity contribution in [3.05, 3.63) is 59.7 Å². The van der Waals surface area contributed by atoms with Crippen LogP contribution in [0.5, 0.6) is 11.5 Å². The number of nitrogens with two attached hydrogens (primary N) is 1. The third-order valence-electron chi connectivity index (χ3n) is 10.8. The minimum absolute atomic E-state index is 0.259. The molecule has 2 aromatic carbocycles. The van der Waals surface area contributed by atoms with Gasteiger partial charge in [0.05, 0.1) is 23.5 Å². The van der Waals surface area contributed by atoms with E-state index in [1.165, 1.54) is 25.9 Å². The van der Waals surface area contributed by atoms with Gasteiger partial charge in [0.2, 0.25) is 5.91 Å². The SMILES string of the molecule is CC(C)N1CCC(Oc2ccc(C3(C#N)CCOCC3)cc2)CC1.NC(=O)C1(c2ccc(OCCCN3CCCC3)cc2)CCOCC1. The monoisotopic (exact) mass is 660 g/mol. The van der Waals surface area contributed by atoms with Gasteiger partial charge >= 0.3 is 0 Å². The maximum absolute atomic E-state index is 12.0. The molecule has 0 spiro atoms. The van der Waals surface area contributed by atoms with Crippen molar-refractivity contribution in [2.45, 2.75) is 94.6 Å². The summed E-state index contributed by atoms with van der Waals surface area (Å²) in [5.41, 5.74) is 6.79. The van der Waals surface area contributed by atoms with Crippen LogP contribution in [0, 0.1) is 11.3 Å². The van der Waals surface area contributed by atoms with Crippen molar-refractivity contribution >= 4 is 5.91 Å². The minimum Gasteiger partial charge on any atom is -0.494 e. The number of amides is 1. The standard InChI is InChI=1S/C20H28N2O2.C19H28N2O3/c1-16(2)22-11-7-19(8-12-22)24-18-5-3-17(4-6-18)20(15-21)9-13-23-14-10-20;20-18(22)19(8-14-23-15-9-19)16-4-6-17(7-5-16)24-13-3-12-21-10-1-2-11-21/h3-6,16,19H,7-14H2,1-2H3;4-7H,1-3,8-15H2,(H2,20,22). The van der Waals surface area contributed by atoms with Crippen LogP contribution < -0.4 is 15.2 Å². The van der Waals surface area contributed by atoms with Crippen LogP contribution in [0.1, 0.15) is 82.8 Å². The van der Waals surface area contributed by atoms with Crippen molar-refractivity contribution in [1.82, 2.24) is 9.80 Å². The molecule has 2 aromatic rings. The van der Waals surface area contributed by atoms with Crippen LogP contribution in [-0.2, 0) is 25.1 Å². The van der Waals surface area contributed by atoms with Crippen LogP contribution >= 0.6 is 0 Å². The number of likely N-dealkylation sites (tertiary alicyclic amines) is 2. The Kier molecular flexibility index (Phi) is 13.2. The average molecular weight is 661 g/mol.